The second kappa shape index (κ2) is 7.04. The lowest BCUT2D eigenvalue weighted by molar-refractivity contribution is 0.170. The van der Waals surface area contributed by atoms with E-state index in [1.807, 2.05) is 0 Å². The first kappa shape index (κ1) is 16.2. The molecule has 3 heteroatoms. The van der Waals surface area contributed by atoms with Crippen LogP contribution in [0.3, 0.4) is 0 Å². The molecule has 0 fully saturated rings. The van der Waals surface area contributed by atoms with Gasteiger partial charge in [-0.25, -0.2) is 0 Å². The molecule has 2 unspecified atom stereocenters. The van der Waals surface area contributed by atoms with E-state index in [-0.39, 0.29) is 11.5 Å². The third-order valence-electron chi connectivity index (χ3n) is 3.66. The highest BCUT2D eigenvalue weighted by Crippen LogP contribution is 2.27. The number of benzene rings is 1. The summed E-state index contributed by atoms with van der Waals surface area (Å²) in [6, 6.07) is 8.91. The van der Waals surface area contributed by atoms with Gasteiger partial charge < -0.3 is 4.74 Å². The van der Waals surface area contributed by atoms with Crippen LogP contribution in [0, 0.1) is 5.92 Å². The van der Waals surface area contributed by atoms with Crippen molar-refractivity contribution in [3.05, 3.63) is 35.4 Å². The fourth-order valence-corrected chi connectivity index (χ4v) is 2.25. The molecule has 0 aliphatic carbocycles. The summed E-state index contributed by atoms with van der Waals surface area (Å²) in [7, 11) is 1.73. The Hall–Kier alpha value is -0.900. The van der Waals surface area contributed by atoms with Gasteiger partial charge in [0, 0.05) is 19.8 Å². The highest BCUT2D eigenvalue weighted by Gasteiger charge is 2.19. The van der Waals surface area contributed by atoms with Crippen LogP contribution in [0.4, 0.5) is 0 Å². The van der Waals surface area contributed by atoms with E-state index in [1.165, 1.54) is 11.1 Å². The van der Waals surface area contributed by atoms with Crippen molar-refractivity contribution in [3.63, 3.8) is 0 Å². The van der Waals surface area contributed by atoms with E-state index in [1.54, 1.807) is 7.11 Å². The predicted molar refractivity (Wildman–Crippen MR) is 80.9 cm³/mol. The molecular formula is C16H28N2O. The molecule has 2 atom stereocenters. The lowest BCUT2D eigenvalue weighted by atomic mass is 9.85. The van der Waals surface area contributed by atoms with Crippen LogP contribution in [0.15, 0.2) is 24.3 Å². The Labute approximate surface area is 117 Å². The molecule has 108 valence electrons. The Morgan fingerprint density at radius 2 is 1.79 bits per heavy atom. The topological polar surface area (TPSA) is 47.3 Å². The van der Waals surface area contributed by atoms with E-state index in [0.717, 1.165) is 13.0 Å². The third-order valence-corrected chi connectivity index (χ3v) is 3.66. The zero-order valence-electron chi connectivity index (χ0n) is 12.9. The second-order valence-electron chi connectivity index (χ2n) is 6.28. The normalized spacial score (nSPS) is 15.3. The molecule has 0 aromatic heterocycles. The van der Waals surface area contributed by atoms with Crippen LogP contribution in [0.25, 0.3) is 0 Å². The number of nitrogens with two attached hydrogens (primary N) is 1. The maximum absolute atomic E-state index is 5.71. The molecule has 0 aliphatic heterocycles. The molecule has 0 saturated heterocycles. The molecule has 0 spiro atoms. The number of nitrogens with one attached hydrogen (secondary N) is 1. The van der Waals surface area contributed by atoms with Gasteiger partial charge in [0.25, 0.3) is 0 Å². The number of hydrogen-bond acceptors (Lipinski definition) is 3. The maximum atomic E-state index is 5.71. The summed E-state index contributed by atoms with van der Waals surface area (Å²) in [6.07, 6.45) is 0.992. The van der Waals surface area contributed by atoms with E-state index in [9.17, 15) is 0 Å². The van der Waals surface area contributed by atoms with E-state index in [0.29, 0.717) is 5.92 Å². The summed E-state index contributed by atoms with van der Waals surface area (Å²) in [6.45, 7) is 9.63. The van der Waals surface area contributed by atoms with Crippen LogP contribution in [-0.4, -0.2) is 13.7 Å². The van der Waals surface area contributed by atoms with E-state index in [2.05, 4.69) is 57.4 Å². The lowest BCUT2D eigenvalue weighted by Crippen LogP contribution is -2.33. The summed E-state index contributed by atoms with van der Waals surface area (Å²) in [5.74, 6) is 6.15. The Balaban J connectivity index is 2.82. The van der Waals surface area contributed by atoms with Crippen LogP contribution in [0.1, 0.15) is 51.3 Å². The largest absolute Gasteiger partial charge is 0.385 e. The Morgan fingerprint density at radius 3 is 2.21 bits per heavy atom. The number of hydrazine groups is 1. The van der Waals surface area contributed by atoms with Gasteiger partial charge in [-0.1, -0.05) is 52.0 Å². The SMILES string of the molecule is COCCC(C)C(NN)c1ccc(C(C)(C)C)cc1. The van der Waals surface area contributed by atoms with Crippen LogP contribution in [0.5, 0.6) is 0 Å². The molecule has 3 N–H and O–H groups in total. The Bertz CT molecular complexity index is 367. The first-order chi connectivity index (χ1) is 8.90. The van der Waals surface area contributed by atoms with Crippen LogP contribution in [-0.2, 0) is 10.2 Å². The molecule has 0 saturated carbocycles. The maximum Gasteiger partial charge on any atom is 0.0486 e. The number of methoxy groups -OCH3 is 1. The van der Waals surface area contributed by atoms with Gasteiger partial charge in [0.15, 0.2) is 0 Å². The van der Waals surface area contributed by atoms with Crippen molar-refractivity contribution in [2.45, 2.75) is 45.6 Å². The third kappa shape index (κ3) is 4.60. The molecule has 1 aromatic rings. The average Bonchev–Trinajstić information content (AvgIpc) is 2.37. The molecule has 0 heterocycles. The van der Waals surface area contributed by atoms with E-state index < -0.39 is 0 Å². The Kier molecular flexibility index (Phi) is 5.98. The fraction of sp³-hybridized carbons (Fsp3) is 0.625. The summed E-state index contributed by atoms with van der Waals surface area (Å²) >= 11 is 0. The molecule has 0 aliphatic rings. The monoisotopic (exact) mass is 264 g/mol. The summed E-state index contributed by atoms with van der Waals surface area (Å²) in [5, 5.41) is 0. The molecule has 1 aromatic carbocycles. The summed E-state index contributed by atoms with van der Waals surface area (Å²) in [5.41, 5.74) is 5.70. The minimum absolute atomic E-state index is 0.171. The van der Waals surface area contributed by atoms with E-state index in [4.69, 9.17) is 10.6 Å². The van der Waals surface area contributed by atoms with Crippen molar-refractivity contribution >= 4 is 0 Å². The Morgan fingerprint density at radius 1 is 1.21 bits per heavy atom. The molecule has 0 amide bonds. The molecule has 0 radical (unpaired) electrons. The molecular weight excluding hydrogens is 236 g/mol. The summed E-state index contributed by atoms with van der Waals surface area (Å²) < 4.78 is 5.14. The first-order valence-electron chi connectivity index (χ1n) is 6.95. The van der Waals surface area contributed by atoms with Gasteiger partial charge >= 0.3 is 0 Å². The quantitative estimate of drug-likeness (QED) is 0.613. The average molecular weight is 264 g/mol. The summed E-state index contributed by atoms with van der Waals surface area (Å²) in [4.78, 5) is 0. The van der Waals surface area contributed by atoms with Gasteiger partial charge in [0.05, 0.1) is 0 Å². The minimum atomic E-state index is 0.171. The van der Waals surface area contributed by atoms with Crippen molar-refractivity contribution < 1.29 is 4.74 Å². The smallest absolute Gasteiger partial charge is 0.0486 e. The molecule has 0 bridgehead atoms. The molecule has 19 heavy (non-hydrogen) atoms. The predicted octanol–water partition coefficient (Wildman–Crippen LogP) is 3.16. The van der Waals surface area contributed by atoms with Gasteiger partial charge in [-0.05, 0) is 28.9 Å². The second-order valence-corrected chi connectivity index (χ2v) is 6.28. The van der Waals surface area contributed by atoms with Gasteiger partial charge in [0.2, 0.25) is 0 Å². The highest BCUT2D eigenvalue weighted by atomic mass is 16.5. The minimum Gasteiger partial charge on any atom is -0.385 e. The highest BCUT2D eigenvalue weighted by molar-refractivity contribution is 5.29. The van der Waals surface area contributed by atoms with Crippen molar-refractivity contribution in [2.24, 2.45) is 11.8 Å². The van der Waals surface area contributed by atoms with Crippen LogP contribution < -0.4 is 11.3 Å². The van der Waals surface area contributed by atoms with E-state index >= 15 is 0 Å². The molecule has 1 rings (SSSR count). The molecule has 3 nitrogen and oxygen atoms in total. The van der Waals surface area contributed by atoms with Crippen molar-refractivity contribution in [1.82, 2.24) is 5.43 Å². The van der Waals surface area contributed by atoms with Crippen molar-refractivity contribution in [1.29, 1.82) is 0 Å². The van der Waals surface area contributed by atoms with Gasteiger partial charge in [0.1, 0.15) is 0 Å². The van der Waals surface area contributed by atoms with Crippen LogP contribution >= 0.6 is 0 Å². The van der Waals surface area contributed by atoms with Gasteiger partial charge in [-0.15, -0.1) is 0 Å². The lowest BCUT2D eigenvalue weighted by Gasteiger charge is -2.25. The number of ether oxygens (including phenoxy) is 1. The fourth-order valence-electron chi connectivity index (χ4n) is 2.25. The van der Waals surface area contributed by atoms with Crippen molar-refractivity contribution in [3.8, 4) is 0 Å². The van der Waals surface area contributed by atoms with Crippen LogP contribution in [0.2, 0.25) is 0 Å². The zero-order valence-corrected chi connectivity index (χ0v) is 12.9. The van der Waals surface area contributed by atoms with Gasteiger partial charge in [-0.3, -0.25) is 11.3 Å². The van der Waals surface area contributed by atoms with Gasteiger partial charge in [-0.2, -0.15) is 0 Å². The standard InChI is InChI=1S/C16H28N2O/c1-12(10-11-19-5)15(18-17)13-6-8-14(9-7-13)16(2,3)4/h6-9,12,15,18H,10-11,17H2,1-5H3. The first-order valence-corrected chi connectivity index (χ1v) is 6.95. The van der Waals surface area contributed by atoms with Crippen molar-refractivity contribution in [2.75, 3.05) is 13.7 Å². The zero-order chi connectivity index (χ0) is 14.5. The number of hydrogen-bond donors (Lipinski definition) is 2. The number of rotatable bonds is 6.